The number of carbonyl (C=O) groups is 1. The molecule has 1 amide bonds. The van der Waals surface area contributed by atoms with Crippen LogP contribution in [-0.4, -0.2) is 66.3 Å². The Labute approximate surface area is 138 Å². The SMILES string of the molecule is CCCCOCC(=O)N1CCN(Cc2ccccc2)C[C@H](O)C1. The van der Waals surface area contributed by atoms with Crippen molar-refractivity contribution < 1.29 is 14.6 Å². The number of aliphatic hydroxyl groups is 1. The van der Waals surface area contributed by atoms with E-state index in [9.17, 15) is 9.90 Å². The third kappa shape index (κ3) is 6.29. The zero-order chi connectivity index (χ0) is 16.5. The molecule has 1 atom stereocenters. The van der Waals surface area contributed by atoms with E-state index in [0.717, 1.165) is 25.9 Å². The number of ether oxygens (including phenoxy) is 1. The van der Waals surface area contributed by atoms with Crippen LogP contribution in [-0.2, 0) is 16.1 Å². The van der Waals surface area contributed by atoms with Gasteiger partial charge in [0, 0.05) is 39.3 Å². The Hall–Kier alpha value is -1.43. The average molecular weight is 320 g/mol. The maximum atomic E-state index is 12.2. The Balaban J connectivity index is 1.81. The molecule has 1 fully saturated rings. The molecule has 0 aliphatic carbocycles. The van der Waals surface area contributed by atoms with E-state index in [2.05, 4.69) is 24.0 Å². The van der Waals surface area contributed by atoms with Crippen LogP contribution in [0.3, 0.4) is 0 Å². The molecular weight excluding hydrogens is 292 g/mol. The van der Waals surface area contributed by atoms with Crippen LogP contribution >= 0.6 is 0 Å². The van der Waals surface area contributed by atoms with Crippen molar-refractivity contribution >= 4 is 5.91 Å². The van der Waals surface area contributed by atoms with Crippen molar-refractivity contribution in [2.24, 2.45) is 0 Å². The Kier molecular flexibility index (Phi) is 7.52. The Bertz CT molecular complexity index is 467. The number of β-amino-alcohol motifs (C(OH)–C–C–N with tert-alkyl or cyclic N) is 1. The lowest BCUT2D eigenvalue weighted by Gasteiger charge is -2.21. The average Bonchev–Trinajstić information content (AvgIpc) is 2.74. The monoisotopic (exact) mass is 320 g/mol. The topological polar surface area (TPSA) is 53.0 Å². The number of benzene rings is 1. The van der Waals surface area contributed by atoms with Crippen LogP contribution in [0, 0.1) is 0 Å². The molecule has 1 saturated heterocycles. The summed E-state index contributed by atoms with van der Waals surface area (Å²) < 4.78 is 5.40. The first kappa shape index (κ1) is 17.9. The maximum absolute atomic E-state index is 12.2. The van der Waals surface area contributed by atoms with Gasteiger partial charge in [0.15, 0.2) is 0 Å². The van der Waals surface area contributed by atoms with Gasteiger partial charge >= 0.3 is 0 Å². The van der Waals surface area contributed by atoms with Gasteiger partial charge < -0.3 is 14.7 Å². The molecule has 5 nitrogen and oxygen atoms in total. The van der Waals surface area contributed by atoms with Crippen LogP contribution in [0.25, 0.3) is 0 Å². The molecular formula is C18H28N2O3. The van der Waals surface area contributed by atoms with E-state index < -0.39 is 6.10 Å². The number of carbonyl (C=O) groups excluding carboxylic acids is 1. The van der Waals surface area contributed by atoms with Crippen molar-refractivity contribution in [3.05, 3.63) is 35.9 Å². The Morgan fingerprint density at radius 3 is 2.78 bits per heavy atom. The van der Waals surface area contributed by atoms with Crippen molar-refractivity contribution in [1.29, 1.82) is 0 Å². The minimum Gasteiger partial charge on any atom is -0.390 e. The number of unbranched alkanes of at least 4 members (excludes halogenated alkanes) is 1. The molecule has 1 aliphatic rings. The van der Waals surface area contributed by atoms with Crippen molar-refractivity contribution in [3.63, 3.8) is 0 Å². The fraction of sp³-hybridized carbons (Fsp3) is 0.611. The predicted octanol–water partition coefficient (Wildman–Crippen LogP) is 1.51. The summed E-state index contributed by atoms with van der Waals surface area (Å²) >= 11 is 0. The summed E-state index contributed by atoms with van der Waals surface area (Å²) in [5.41, 5.74) is 1.22. The van der Waals surface area contributed by atoms with Crippen molar-refractivity contribution in [3.8, 4) is 0 Å². The molecule has 23 heavy (non-hydrogen) atoms. The van der Waals surface area contributed by atoms with Crippen LogP contribution in [0.1, 0.15) is 25.3 Å². The van der Waals surface area contributed by atoms with E-state index in [1.54, 1.807) is 4.90 Å². The van der Waals surface area contributed by atoms with Gasteiger partial charge in [0.25, 0.3) is 0 Å². The quantitative estimate of drug-likeness (QED) is 0.774. The van der Waals surface area contributed by atoms with Gasteiger partial charge in [-0.05, 0) is 12.0 Å². The van der Waals surface area contributed by atoms with Gasteiger partial charge in [-0.2, -0.15) is 0 Å². The second kappa shape index (κ2) is 9.65. The number of amides is 1. The lowest BCUT2D eigenvalue weighted by Crippen LogP contribution is -2.39. The summed E-state index contributed by atoms with van der Waals surface area (Å²) in [6, 6.07) is 10.2. The van der Waals surface area contributed by atoms with Crippen LogP contribution in [0.2, 0.25) is 0 Å². The molecule has 0 aromatic heterocycles. The molecule has 1 aromatic rings. The maximum Gasteiger partial charge on any atom is 0.248 e. The first-order chi connectivity index (χ1) is 11.2. The minimum absolute atomic E-state index is 0.0262. The standard InChI is InChI=1S/C18H28N2O3/c1-2-3-11-23-15-18(22)20-10-9-19(13-17(21)14-20)12-16-7-5-4-6-8-16/h4-8,17,21H,2-3,9-15H2,1H3/t17-/m0/s1. The lowest BCUT2D eigenvalue weighted by molar-refractivity contribution is -0.137. The largest absolute Gasteiger partial charge is 0.390 e. The molecule has 1 heterocycles. The molecule has 1 aromatic carbocycles. The first-order valence-electron chi connectivity index (χ1n) is 8.49. The molecule has 0 radical (unpaired) electrons. The van der Waals surface area contributed by atoms with E-state index in [4.69, 9.17) is 4.74 Å². The smallest absolute Gasteiger partial charge is 0.248 e. The third-order valence-electron chi connectivity index (χ3n) is 4.06. The van der Waals surface area contributed by atoms with E-state index in [1.807, 2.05) is 18.2 Å². The fourth-order valence-corrected chi connectivity index (χ4v) is 2.76. The first-order valence-corrected chi connectivity index (χ1v) is 8.49. The van der Waals surface area contributed by atoms with E-state index in [0.29, 0.717) is 26.2 Å². The van der Waals surface area contributed by atoms with Crippen LogP contribution in [0.4, 0.5) is 0 Å². The normalized spacial score (nSPS) is 19.6. The number of hydrogen-bond acceptors (Lipinski definition) is 4. The number of hydrogen-bond donors (Lipinski definition) is 1. The van der Waals surface area contributed by atoms with Crippen molar-refractivity contribution in [2.45, 2.75) is 32.4 Å². The predicted molar refractivity (Wildman–Crippen MR) is 90.0 cm³/mol. The summed E-state index contributed by atoms with van der Waals surface area (Å²) in [5, 5.41) is 10.2. The highest BCUT2D eigenvalue weighted by Crippen LogP contribution is 2.10. The Morgan fingerprint density at radius 1 is 1.26 bits per heavy atom. The molecule has 5 heteroatoms. The van der Waals surface area contributed by atoms with Crippen LogP contribution in [0.5, 0.6) is 0 Å². The molecule has 2 rings (SSSR count). The van der Waals surface area contributed by atoms with Gasteiger partial charge in [-0.25, -0.2) is 0 Å². The highest BCUT2D eigenvalue weighted by atomic mass is 16.5. The van der Waals surface area contributed by atoms with Gasteiger partial charge in [0.1, 0.15) is 6.61 Å². The second-order valence-electron chi connectivity index (χ2n) is 6.12. The number of aliphatic hydroxyl groups excluding tert-OH is 1. The van der Waals surface area contributed by atoms with Crippen LogP contribution < -0.4 is 0 Å². The van der Waals surface area contributed by atoms with Gasteiger partial charge in [-0.3, -0.25) is 9.69 Å². The number of nitrogens with zero attached hydrogens (tertiary/aromatic N) is 2. The van der Waals surface area contributed by atoms with E-state index in [-0.39, 0.29) is 12.5 Å². The van der Waals surface area contributed by atoms with Crippen molar-refractivity contribution in [1.82, 2.24) is 9.80 Å². The van der Waals surface area contributed by atoms with Gasteiger partial charge in [-0.1, -0.05) is 43.7 Å². The summed E-state index contributed by atoms with van der Waals surface area (Å²) in [6.07, 6.45) is 1.52. The lowest BCUT2D eigenvalue weighted by atomic mass is 10.2. The highest BCUT2D eigenvalue weighted by molar-refractivity contribution is 5.77. The van der Waals surface area contributed by atoms with E-state index in [1.165, 1.54) is 5.56 Å². The molecule has 1 aliphatic heterocycles. The van der Waals surface area contributed by atoms with Crippen molar-refractivity contribution in [2.75, 3.05) is 39.4 Å². The molecule has 0 spiro atoms. The van der Waals surface area contributed by atoms with Crippen LogP contribution in [0.15, 0.2) is 30.3 Å². The zero-order valence-electron chi connectivity index (χ0n) is 14.0. The van der Waals surface area contributed by atoms with E-state index >= 15 is 0 Å². The molecule has 1 N–H and O–H groups in total. The summed E-state index contributed by atoms with van der Waals surface area (Å²) in [4.78, 5) is 16.1. The third-order valence-corrected chi connectivity index (χ3v) is 4.06. The highest BCUT2D eigenvalue weighted by Gasteiger charge is 2.24. The number of rotatable bonds is 7. The molecule has 0 bridgehead atoms. The fourth-order valence-electron chi connectivity index (χ4n) is 2.76. The Morgan fingerprint density at radius 2 is 2.04 bits per heavy atom. The summed E-state index contributed by atoms with van der Waals surface area (Å²) in [7, 11) is 0. The zero-order valence-corrected chi connectivity index (χ0v) is 14.0. The molecule has 0 saturated carbocycles. The summed E-state index contributed by atoms with van der Waals surface area (Å²) in [6.45, 7) is 6.03. The second-order valence-corrected chi connectivity index (χ2v) is 6.12. The van der Waals surface area contributed by atoms with Gasteiger partial charge in [-0.15, -0.1) is 0 Å². The summed E-state index contributed by atoms with van der Waals surface area (Å²) in [5.74, 6) is -0.0262. The molecule has 128 valence electrons. The molecule has 0 unspecified atom stereocenters. The minimum atomic E-state index is -0.513. The van der Waals surface area contributed by atoms with Gasteiger partial charge in [0.2, 0.25) is 5.91 Å². The van der Waals surface area contributed by atoms with Gasteiger partial charge in [0.05, 0.1) is 6.10 Å².